The van der Waals surface area contributed by atoms with Gasteiger partial charge in [0.2, 0.25) is 5.91 Å². The predicted molar refractivity (Wildman–Crippen MR) is 90.3 cm³/mol. The van der Waals surface area contributed by atoms with Crippen molar-refractivity contribution in [2.75, 3.05) is 13.1 Å². The average Bonchev–Trinajstić information content (AvgIpc) is 3.07. The highest BCUT2D eigenvalue weighted by Crippen LogP contribution is 2.30. The fraction of sp³-hybridized carbons (Fsp3) is 0.500. The first-order valence-electron chi connectivity index (χ1n) is 8.40. The molecule has 0 saturated carbocycles. The van der Waals surface area contributed by atoms with Crippen molar-refractivity contribution in [3.05, 3.63) is 46.8 Å². The Balaban J connectivity index is 1.62. The van der Waals surface area contributed by atoms with E-state index in [2.05, 4.69) is 47.5 Å². The van der Waals surface area contributed by atoms with E-state index in [-0.39, 0.29) is 12.5 Å². The minimum atomic E-state index is -1.10. The molecule has 6 nitrogen and oxygen atoms in total. The molecule has 2 heterocycles. The Morgan fingerprint density at radius 2 is 2.08 bits per heavy atom. The van der Waals surface area contributed by atoms with Crippen LogP contribution >= 0.6 is 0 Å². The summed E-state index contributed by atoms with van der Waals surface area (Å²) in [6.45, 7) is 5.11. The van der Waals surface area contributed by atoms with Crippen molar-refractivity contribution in [3.63, 3.8) is 0 Å². The van der Waals surface area contributed by atoms with Gasteiger partial charge in [0.05, 0.1) is 12.7 Å². The molecule has 2 N–H and O–H groups in total. The van der Waals surface area contributed by atoms with Gasteiger partial charge >= 0.3 is 0 Å². The zero-order chi connectivity index (χ0) is 17.2. The molecule has 0 bridgehead atoms. The Bertz CT molecular complexity index is 694. The summed E-state index contributed by atoms with van der Waals surface area (Å²) in [5.41, 5.74) is 3.03. The Morgan fingerprint density at radius 1 is 1.33 bits per heavy atom. The molecule has 0 radical (unpaired) electrons. The molecule has 6 heteroatoms. The Morgan fingerprint density at radius 3 is 2.75 bits per heavy atom. The van der Waals surface area contributed by atoms with Crippen molar-refractivity contribution in [1.29, 1.82) is 0 Å². The van der Waals surface area contributed by atoms with Gasteiger partial charge in [0, 0.05) is 13.0 Å². The molecule has 0 unspecified atom stereocenters. The summed E-state index contributed by atoms with van der Waals surface area (Å²) >= 11 is 0. The summed E-state index contributed by atoms with van der Waals surface area (Å²) in [6.07, 6.45) is 4.07. The first kappa shape index (κ1) is 16.6. The number of β-amino-alcohol motifs (C(OH)–C–C–N with tert-alkyl or cyclic N) is 1. The van der Waals surface area contributed by atoms with Crippen molar-refractivity contribution in [2.45, 2.75) is 45.1 Å². The molecular formula is C18H24N4O2. The maximum absolute atomic E-state index is 12.6. The number of rotatable bonds is 4. The molecule has 1 saturated heterocycles. The predicted octanol–water partition coefficient (Wildman–Crippen LogP) is 1.86. The van der Waals surface area contributed by atoms with Crippen molar-refractivity contribution >= 4 is 5.91 Å². The maximum atomic E-state index is 12.6. The topological polar surface area (TPSA) is 82.1 Å². The van der Waals surface area contributed by atoms with Crippen LogP contribution in [0.15, 0.2) is 24.4 Å². The molecular weight excluding hydrogens is 304 g/mol. The number of likely N-dealkylation sites (tertiary alicyclic amines) is 1. The lowest BCUT2D eigenvalue weighted by atomic mass is 9.89. The number of carbonyl (C=O) groups excluding carboxylic acids is 1. The fourth-order valence-corrected chi connectivity index (χ4v) is 3.51. The highest BCUT2D eigenvalue weighted by molar-refractivity contribution is 5.76. The van der Waals surface area contributed by atoms with Crippen LogP contribution in [0.2, 0.25) is 0 Å². The minimum Gasteiger partial charge on any atom is -0.382 e. The normalized spacial score (nSPS) is 21.0. The lowest BCUT2D eigenvalue weighted by Crippen LogP contribution is -2.48. The summed E-state index contributed by atoms with van der Waals surface area (Å²) in [5.74, 6) is 0.0794. The van der Waals surface area contributed by atoms with Gasteiger partial charge in [0.25, 0.3) is 0 Å². The minimum absolute atomic E-state index is 0.0794. The number of amides is 1. The van der Waals surface area contributed by atoms with Gasteiger partial charge in [-0.3, -0.25) is 4.79 Å². The molecule has 2 aromatic rings. The Hall–Kier alpha value is -2.21. The van der Waals surface area contributed by atoms with Crippen LogP contribution in [0.5, 0.6) is 0 Å². The van der Waals surface area contributed by atoms with Crippen LogP contribution in [0.25, 0.3) is 0 Å². The molecule has 1 aliphatic rings. The summed E-state index contributed by atoms with van der Waals surface area (Å²) < 4.78 is 0. The third-order valence-electron chi connectivity index (χ3n) is 4.62. The van der Waals surface area contributed by atoms with Gasteiger partial charge in [-0.15, -0.1) is 0 Å². The van der Waals surface area contributed by atoms with E-state index in [0.717, 1.165) is 12.8 Å². The lowest BCUT2D eigenvalue weighted by Gasteiger charge is -2.38. The number of benzene rings is 1. The molecule has 1 atom stereocenters. The van der Waals surface area contributed by atoms with E-state index in [1.165, 1.54) is 22.9 Å². The standard InChI is InChI=1S/C18H24N4O2/c1-13-8-14(2)10-15(9-13)4-5-17(23)22-7-3-6-18(24,12-22)16-11-19-21-20-16/h8-11,24H,3-7,12H2,1-2H3,(H,19,20,21)/t18-/m1/s1. The number of nitrogens with zero attached hydrogens (tertiary/aromatic N) is 3. The molecule has 1 aromatic carbocycles. The van der Waals surface area contributed by atoms with Crippen LogP contribution in [0.4, 0.5) is 0 Å². The highest BCUT2D eigenvalue weighted by Gasteiger charge is 2.38. The third kappa shape index (κ3) is 3.64. The van der Waals surface area contributed by atoms with Gasteiger partial charge < -0.3 is 10.0 Å². The summed E-state index contributed by atoms with van der Waals surface area (Å²) in [4.78, 5) is 14.3. The number of carbonyl (C=O) groups is 1. The highest BCUT2D eigenvalue weighted by atomic mass is 16.3. The number of piperidine rings is 1. The first-order chi connectivity index (χ1) is 11.5. The van der Waals surface area contributed by atoms with E-state index >= 15 is 0 Å². The van der Waals surface area contributed by atoms with E-state index in [4.69, 9.17) is 0 Å². The summed E-state index contributed by atoms with van der Waals surface area (Å²) in [6, 6.07) is 6.39. The average molecular weight is 328 g/mol. The molecule has 24 heavy (non-hydrogen) atoms. The van der Waals surface area contributed by atoms with E-state index < -0.39 is 5.60 Å². The number of aromatic amines is 1. The number of nitrogens with one attached hydrogen (secondary N) is 1. The van der Waals surface area contributed by atoms with E-state index in [1.54, 1.807) is 4.90 Å². The van der Waals surface area contributed by atoms with Gasteiger partial charge in [-0.1, -0.05) is 29.3 Å². The number of H-pyrrole nitrogens is 1. The van der Waals surface area contributed by atoms with E-state index in [1.807, 2.05) is 0 Å². The fourth-order valence-electron chi connectivity index (χ4n) is 3.51. The molecule has 1 aliphatic heterocycles. The Labute approximate surface area is 141 Å². The van der Waals surface area contributed by atoms with Crippen molar-refractivity contribution in [3.8, 4) is 0 Å². The number of hydrogen-bond donors (Lipinski definition) is 2. The van der Waals surface area contributed by atoms with Gasteiger partial charge in [0.1, 0.15) is 11.3 Å². The third-order valence-corrected chi connectivity index (χ3v) is 4.62. The quantitative estimate of drug-likeness (QED) is 0.897. The van der Waals surface area contributed by atoms with Gasteiger partial charge in [0.15, 0.2) is 0 Å². The van der Waals surface area contributed by atoms with Crippen LogP contribution in [0.3, 0.4) is 0 Å². The first-order valence-corrected chi connectivity index (χ1v) is 8.40. The lowest BCUT2D eigenvalue weighted by molar-refractivity contribution is -0.139. The summed E-state index contributed by atoms with van der Waals surface area (Å²) in [5, 5.41) is 21.1. The second-order valence-corrected chi connectivity index (χ2v) is 6.80. The van der Waals surface area contributed by atoms with Crippen LogP contribution in [-0.4, -0.2) is 44.4 Å². The van der Waals surface area contributed by atoms with Crippen LogP contribution in [-0.2, 0) is 16.8 Å². The van der Waals surface area contributed by atoms with E-state index in [9.17, 15) is 9.90 Å². The molecule has 0 spiro atoms. The maximum Gasteiger partial charge on any atom is 0.223 e. The zero-order valence-corrected chi connectivity index (χ0v) is 14.2. The SMILES string of the molecule is Cc1cc(C)cc(CCC(=O)N2CCC[C@](O)(c3cn[nH]n3)C2)c1. The van der Waals surface area contributed by atoms with Gasteiger partial charge in [-0.2, -0.15) is 15.4 Å². The van der Waals surface area contributed by atoms with Gasteiger partial charge in [-0.05, 0) is 38.7 Å². The Kier molecular flexibility index (Phi) is 4.66. The molecule has 1 aromatic heterocycles. The van der Waals surface area contributed by atoms with Crippen LogP contribution in [0, 0.1) is 13.8 Å². The summed E-state index contributed by atoms with van der Waals surface area (Å²) in [7, 11) is 0. The number of aliphatic hydroxyl groups is 1. The van der Waals surface area contributed by atoms with E-state index in [0.29, 0.717) is 25.1 Å². The molecule has 1 fully saturated rings. The largest absolute Gasteiger partial charge is 0.382 e. The number of aromatic nitrogens is 3. The second-order valence-electron chi connectivity index (χ2n) is 6.80. The zero-order valence-electron chi connectivity index (χ0n) is 14.2. The number of hydrogen-bond acceptors (Lipinski definition) is 4. The van der Waals surface area contributed by atoms with Gasteiger partial charge in [-0.25, -0.2) is 0 Å². The monoisotopic (exact) mass is 328 g/mol. The molecule has 3 rings (SSSR count). The van der Waals surface area contributed by atoms with Crippen molar-refractivity contribution in [1.82, 2.24) is 20.3 Å². The second kappa shape index (κ2) is 6.73. The van der Waals surface area contributed by atoms with Crippen LogP contribution in [0.1, 0.15) is 41.6 Å². The van der Waals surface area contributed by atoms with Crippen molar-refractivity contribution in [2.24, 2.45) is 0 Å². The molecule has 128 valence electrons. The molecule has 0 aliphatic carbocycles. The molecule has 1 amide bonds. The van der Waals surface area contributed by atoms with Crippen molar-refractivity contribution < 1.29 is 9.90 Å². The number of aryl methyl sites for hydroxylation is 3. The smallest absolute Gasteiger partial charge is 0.223 e. The van der Waals surface area contributed by atoms with Crippen LogP contribution < -0.4 is 0 Å².